The number of allylic oxidation sites excluding steroid dienone is 9. The first kappa shape index (κ1) is 62.4. The number of carbonyl (C=O) groups is 2. The van der Waals surface area contributed by atoms with Crippen LogP contribution in [0, 0.1) is 0 Å². The number of nitrogens with one attached hydrogen (secondary N) is 1. The fraction of sp³-hybridized carbons (Fsp3) is 0.786. The molecule has 67 heavy (non-hydrogen) atoms. The molecule has 1 fully saturated rings. The standard InChI is InChI=1S/C56H99NO10/c1-4-7-10-13-16-19-22-24-26-28-31-34-37-40-43-49(60)55(64)57-47(48(59)42-39-36-33-30-27-21-18-15-12-9-6-3)46-65-56-54(53(63)52(62)50(45-58)66-56)67-51(61)44-41-38-35-32-29-25-23-20-17-14-11-8-5-2/h7,10,13,16,19,22,25,29,39,42,47-50,52-54,56,58-60,62-63H,4-6,8-9,11-12,14-15,17-18,20-21,23-24,26-28,30-38,40-41,43-46H2,1-3H3,(H,57,64)/b10-7+,16-13+,22-19+,29-25-,42-39+. The van der Waals surface area contributed by atoms with Crippen molar-refractivity contribution >= 4 is 11.9 Å². The number of unbranched alkanes of at least 4 members (excludes halogenated alkanes) is 24. The van der Waals surface area contributed by atoms with Gasteiger partial charge < -0.3 is 45.1 Å². The highest BCUT2D eigenvalue weighted by Gasteiger charge is 2.47. The van der Waals surface area contributed by atoms with Crippen LogP contribution in [0.5, 0.6) is 0 Å². The summed E-state index contributed by atoms with van der Waals surface area (Å²) in [6, 6.07) is -1.03. The van der Waals surface area contributed by atoms with Gasteiger partial charge in [0.25, 0.3) is 0 Å². The third kappa shape index (κ3) is 33.5. The normalized spacial score (nSPS) is 20.5. The highest BCUT2D eigenvalue weighted by Crippen LogP contribution is 2.26. The Bertz CT molecular complexity index is 1320. The Kier molecular flexibility index (Phi) is 41.5. The summed E-state index contributed by atoms with van der Waals surface area (Å²) in [4.78, 5) is 26.3. The summed E-state index contributed by atoms with van der Waals surface area (Å²) in [6.45, 7) is 5.59. The van der Waals surface area contributed by atoms with Gasteiger partial charge in [0.2, 0.25) is 5.91 Å². The number of hydrogen-bond acceptors (Lipinski definition) is 10. The zero-order chi connectivity index (χ0) is 49.0. The Hall–Kier alpha value is -2.64. The lowest BCUT2D eigenvalue weighted by Gasteiger charge is -2.41. The van der Waals surface area contributed by atoms with E-state index >= 15 is 0 Å². The molecule has 8 unspecified atom stereocenters. The average molecular weight is 946 g/mol. The average Bonchev–Trinajstić information content (AvgIpc) is 3.32. The molecule has 1 saturated heterocycles. The zero-order valence-electron chi connectivity index (χ0n) is 42.5. The lowest BCUT2D eigenvalue weighted by molar-refractivity contribution is -0.305. The molecule has 11 nitrogen and oxygen atoms in total. The number of rotatable bonds is 44. The molecule has 0 spiro atoms. The molecule has 388 valence electrons. The van der Waals surface area contributed by atoms with Gasteiger partial charge in [0.1, 0.15) is 24.4 Å². The van der Waals surface area contributed by atoms with E-state index in [9.17, 15) is 35.1 Å². The first-order valence-electron chi connectivity index (χ1n) is 27.1. The molecule has 0 aliphatic carbocycles. The minimum Gasteiger partial charge on any atom is -0.454 e. The van der Waals surface area contributed by atoms with Crippen LogP contribution in [0.25, 0.3) is 0 Å². The number of carbonyl (C=O) groups excluding carboxylic acids is 2. The first-order valence-corrected chi connectivity index (χ1v) is 27.1. The molecule has 1 amide bonds. The highest BCUT2D eigenvalue weighted by atomic mass is 16.7. The van der Waals surface area contributed by atoms with Gasteiger partial charge in [0.15, 0.2) is 12.4 Å². The lowest BCUT2D eigenvalue weighted by Crippen LogP contribution is -2.61. The van der Waals surface area contributed by atoms with Crippen LogP contribution in [0.2, 0.25) is 0 Å². The van der Waals surface area contributed by atoms with Gasteiger partial charge >= 0.3 is 5.97 Å². The molecular weight excluding hydrogens is 847 g/mol. The van der Waals surface area contributed by atoms with Gasteiger partial charge in [-0.2, -0.15) is 0 Å². The van der Waals surface area contributed by atoms with Crippen molar-refractivity contribution in [3.63, 3.8) is 0 Å². The summed E-state index contributed by atoms with van der Waals surface area (Å²) in [5.74, 6) is -1.23. The van der Waals surface area contributed by atoms with Crippen LogP contribution in [0.4, 0.5) is 0 Å². The van der Waals surface area contributed by atoms with Gasteiger partial charge in [-0.3, -0.25) is 9.59 Å². The van der Waals surface area contributed by atoms with Crippen molar-refractivity contribution in [2.24, 2.45) is 0 Å². The van der Waals surface area contributed by atoms with Crippen molar-refractivity contribution in [3.05, 3.63) is 60.8 Å². The number of amides is 1. The van der Waals surface area contributed by atoms with E-state index in [1.165, 1.54) is 83.5 Å². The van der Waals surface area contributed by atoms with E-state index < -0.39 is 67.4 Å². The van der Waals surface area contributed by atoms with Crippen LogP contribution >= 0.6 is 0 Å². The fourth-order valence-electron chi connectivity index (χ4n) is 8.11. The molecule has 1 aliphatic heterocycles. The SMILES string of the molecule is CC/C=C/C=C/C=C/CCCCCCCCC(O)C(=O)NC(COC1OC(CO)C(O)C(O)C1OC(=O)CCCCC/C=C\CCCCCCCC)C(O)/C=C/CCCCCCCCCCC. The molecule has 1 rings (SSSR count). The van der Waals surface area contributed by atoms with E-state index in [0.29, 0.717) is 12.8 Å². The highest BCUT2D eigenvalue weighted by molar-refractivity contribution is 5.80. The molecule has 0 aromatic rings. The lowest BCUT2D eigenvalue weighted by atomic mass is 9.99. The molecule has 0 aromatic heterocycles. The summed E-state index contributed by atoms with van der Waals surface area (Å²) in [5.41, 5.74) is 0. The van der Waals surface area contributed by atoms with Crippen LogP contribution in [0.15, 0.2) is 60.8 Å². The van der Waals surface area contributed by atoms with Gasteiger partial charge in [0.05, 0.1) is 25.4 Å². The van der Waals surface area contributed by atoms with E-state index in [0.717, 1.165) is 89.9 Å². The van der Waals surface area contributed by atoms with Crippen LogP contribution in [0.1, 0.15) is 220 Å². The van der Waals surface area contributed by atoms with E-state index in [-0.39, 0.29) is 19.4 Å². The van der Waals surface area contributed by atoms with Crippen molar-refractivity contribution in [3.8, 4) is 0 Å². The second-order valence-corrected chi connectivity index (χ2v) is 18.6. The Labute approximate surface area is 408 Å². The summed E-state index contributed by atoms with van der Waals surface area (Å²) >= 11 is 0. The molecule has 6 N–H and O–H groups in total. The molecule has 8 atom stereocenters. The predicted molar refractivity (Wildman–Crippen MR) is 273 cm³/mol. The Morgan fingerprint density at radius 2 is 1.09 bits per heavy atom. The molecule has 0 aromatic carbocycles. The number of aliphatic hydroxyl groups is 5. The van der Waals surface area contributed by atoms with Crippen LogP contribution < -0.4 is 5.32 Å². The minimum atomic E-state index is -1.62. The van der Waals surface area contributed by atoms with Crippen molar-refractivity contribution in [1.82, 2.24) is 5.32 Å². The smallest absolute Gasteiger partial charge is 0.306 e. The van der Waals surface area contributed by atoms with E-state index in [1.54, 1.807) is 6.08 Å². The summed E-state index contributed by atoms with van der Waals surface area (Å²) in [6.07, 6.45) is 42.7. The van der Waals surface area contributed by atoms with E-state index in [1.807, 2.05) is 18.2 Å². The molecule has 1 heterocycles. The van der Waals surface area contributed by atoms with Crippen LogP contribution in [-0.2, 0) is 23.8 Å². The zero-order valence-corrected chi connectivity index (χ0v) is 42.5. The van der Waals surface area contributed by atoms with Crippen molar-refractivity contribution < 1.29 is 49.3 Å². The van der Waals surface area contributed by atoms with E-state index in [2.05, 4.69) is 62.5 Å². The number of hydrogen-bond donors (Lipinski definition) is 6. The third-order valence-electron chi connectivity index (χ3n) is 12.5. The van der Waals surface area contributed by atoms with Crippen LogP contribution in [-0.4, -0.2) is 99.6 Å². The Balaban J connectivity index is 2.78. The second-order valence-electron chi connectivity index (χ2n) is 18.6. The van der Waals surface area contributed by atoms with Gasteiger partial charge in [-0.25, -0.2) is 0 Å². The largest absolute Gasteiger partial charge is 0.454 e. The Morgan fingerprint density at radius 1 is 0.597 bits per heavy atom. The van der Waals surface area contributed by atoms with Gasteiger partial charge in [-0.1, -0.05) is 204 Å². The second kappa shape index (κ2) is 44.6. The van der Waals surface area contributed by atoms with Crippen molar-refractivity contribution in [2.75, 3.05) is 13.2 Å². The third-order valence-corrected chi connectivity index (χ3v) is 12.5. The Morgan fingerprint density at radius 3 is 1.64 bits per heavy atom. The molecule has 0 radical (unpaired) electrons. The van der Waals surface area contributed by atoms with Gasteiger partial charge in [-0.05, 0) is 70.6 Å². The first-order chi connectivity index (χ1) is 32.7. The van der Waals surface area contributed by atoms with Crippen molar-refractivity contribution in [1.29, 1.82) is 0 Å². The summed E-state index contributed by atoms with van der Waals surface area (Å²) in [5, 5.41) is 56.6. The number of aliphatic hydroxyl groups excluding tert-OH is 5. The molecule has 1 aliphatic rings. The maximum atomic E-state index is 13.3. The van der Waals surface area contributed by atoms with Crippen LogP contribution in [0.3, 0.4) is 0 Å². The predicted octanol–water partition coefficient (Wildman–Crippen LogP) is 11.5. The molecule has 0 saturated carbocycles. The topological polar surface area (TPSA) is 175 Å². The fourth-order valence-corrected chi connectivity index (χ4v) is 8.11. The van der Waals surface area contributed by atoms with Gasteiger partial charge in [0, 0.05) is 6.42 Å². The number of ether oxygens (including phenoxy) is 3. The molecule has 11 heteroatoms. The maximum absolute atomic E-state index is 13.3. The monoisotopic (exact) mass is 946 g/mol. The summed E-state index contributed by atoms with van der Waals surface area (Å²) < 4.78 is 17.5. The van der Waals surface area contributed by atoms with Crippen molar-refractivity contribution in [2.45, 2.75) is 269 Å². The quantitative estimate of drug-likeness (QED) is 0.0149. The minimum absolute atomic E-state index is 0.100. The van der Waals surface area contributed by atoms with E-state index in [4.69, 9.17) is 14.2 Å². The maximum Gasteiger partial charge on any atom is 0.306 e. The van der Waals surface area contributed by atoms with Gasteiger partial charge in [-0.15, -0.1) is 0 Å². The summed E-state index contributed by atoms with van der Waals surface area (Å²) in [7, 11) is 0. The number of esters is 1. The molecular formula is C56H99NO10. The molecule has 0 bridgehead atoms.